The van der Waals surface area contributed by atoms with E-state index < -0.39 is 0 Å². The van der Waals surface area contributed by atoms with E-state index in [4.69, 9.17) is 4.74 Å². The van der Waals surface area contributed by atoms with Crippen LogP contribution in [0.3, 0.4) is 0 Å². The number of likely N-dealkylation sites (tertiary alicyclic amines) is 1. The molecule has 0 N–H and O–H groups in total. The maximum atomic E-state index is 13.1. The summed E-state index contributed by atoms with van der Waals surface area (Å²) in [5.74, 6) is 0.951. The molecule has 0 spiro atoms. The summed E-state index contributed by atoms with van der Waals surface area (Å²) in [5, 5.41) is 4.32. The molecule has 28 heavy (non-hydrogen) atoms. The molecule has 1 fully saturated rings. The van der Waals surface area contributed by atoms with Crippen molar-refractivity contribution in [2.24, 2.45) is 0 Å². The zero-order chi connectivity index (χ0) is 19.5. The van der Waals surface area contributed by atoms with Crippen molar-refractivity contribution < 1.29 is 9.53 Å². The molecule has 0 saturated carbocycles. The van der Waals surface area contributed by atoms with Gasteiger partial charge in [0.05, 0.1) is 18.3 Å². The molecule has 4 rings (SSSR count). The van der Waals surface area contributed by atoms with Crippen LogP contribution in [0.4, 0.5) is 0 Å². The Balaban J connectivity index is 1.52. The third-order valence-corrected chi connectivity index (χ3v) is 5.28. The van der Waals surface area contributed by atoms with E-state index in [-0.39, 0.29) is 11.9 Å². The number of amides is 1. The van der Waals surface area contributed by atoms with Crippen LogP contribution in [0.2, 0.25) is 0 Å². The summed E-state index contributed by atoms with van der Waals surface area (Å²) in [6, 6.07) is 17.9. The lowest BCUT2D eigenvalue weighted by molar-refractivity contribution is 0.0735. The number of nitrogens with zero attached hydrogens (tertiary/aromatic N) is 3. The number of carbonyl (C=O) groups excluding carboxylic acids is 1. The minimum Gasteiger partial charge on any atom is -0.494 e. The Labute approximate surface area is 165 Å². The van der Waals surface area contributed by atoms with Crippen molar-refractivity contribution in [2.75, 3.05) is 13.2 Å². The lowest BCUT2D eigenvalue weighted by Crippen LogP contribution is -2.30. The fourth-order valence-electron chi connectivity index (χ4n) is 3.86. The molecule has 3 aromatic rings. The predicted molar refractivity (Wildman–Crippen MR) is 109 cm³/mol. The molecule has 5 nitrogen and oxygen atoms in total. The number of carbonyl (C=O) groups is 1. The highest BCUT2D eigenvalue weighted by Gasteiger charge is 2.30. The molecule has 1 atom stereocenters. The van der Waals surface area contributed by atoms with Crippen LogP contribution in [0.15, 0.2) is 60.8 Å². The molecule has 0 aliphatic carbocycles. The second-order valence-corrected chi connectivity index (χ2v) is 7.09. The van der Waals surface area contributed by atoms with Gasteiger partial charge in [-0.3, -0.25) is 4.79 Å². The van der Waals surface area contributed by atoms with Gasteiger partial charge >= 0.3 is 0 Å². The first-order valence-electron chi connectivity index (χ1n) is 9.82. The van der Waals surface area contributed by atoms with Crippen molar-refractivity contribution in [2.45, 2.75) is 32.7 Å². The topological polar surface area (TPSA) is 47.4 Å². The van der Waals surface area contributed by atoms with Crippen LogP contribution in [0.5, 0.6) is 5.75 Å². The van der Waals surface area contributed by atoms with Gasteiger partial charge in [-0.15, -0.1) is 0 Å². The summed E-state index contributed by atoms with van der Waals surface area (Å²) in [6.07, 6.45) is 3.79. The van der Waals surface area contributed by atoms with Gasteiger partial charge in [-0.25, -0.2) is 4.68 Å². The lowest BCUT2D eigenvalue weighted by atomic mass is 10.0. The fourth-order valence-corrected chi connectivity index (χ4v) is 3.86. The van der Waals surface area contributed by atoms with E-state index in [9.17, 15) is 4.79 Å². The van der Waals surface area contributed by atoms with Crippen molar-refractivity contribution in [3.8, 4) is 11.4 Å². The molecule has 1 unspecified atom stereocenters. The number of benzene rings is 2. The van der Waals surface area contributed by atoms with Crippen LogP contribution in [0, 0.1) is 6.92 Å². The Kier molecular flexibility index (Phi) is 5.15. The van der Waals surface area contributed by atoms with E-state index in [1.807, 2.05) is 65.9 Å². The molecule has 1 aliphatic heterocycles. The second kappa shape index (κ2) is 7.89. The summed E-state index contributed by atoms with van der Waals surface area (Å²) in [6.45, 7) is 5.43. The van der Waals surface area contributed by atoms with E-state index in [0.717, 1.165) is 42.1 Å². The third-order valence-electron chi connectivity index (χ3n) is 5.28. The van der Waals surface area contributed by atoms with Gasteiger partial charge in [0.2, 0.25) is 0 Å². The number of hydrogen-bond donors (Lipinski definition) is 0. The van der Waals surface area contributed by atoms with Crippen LogP contribution in [0.25, 0.3) is 5.69 Å². The third kappa shape index (κ3) is 3.52. The average molecular weight is 375 g/mol. The Hall–Kier alpha value is -3.08. The normalized spacial score (nSPS) is 16.4. The van der Waals surface area contributed by atoms with Crippen LogP contribution in [0.1, 0.15) is 47.4 Å². The van der Waals surface area contributed by atoms with E-state index in [2.05, 4.69) is 17.2 Å². The molecule has 1 saturated heterocycles. The van der Waals surface area contributed by atoms with Crippen molar-refractivity contribution in [3.05, 3.63) is 77.6 Å². The zero-order valence-corrected chi connectivity index (χ0v) is 16.3. The molecule has 0 radical (unpaired) electrons. The Morgan fingerprint density at radius 2 is 1.86 bits per heavy atom. The van der Waals surface area contributed by atoms with Crippen molar-refractivity contribution in [1.29, 1.82) is 0 Å². The number of ether oxygens (including phenoxy) is 1. The van der Waals surface area contributed by atoms with Gasteiger partial charge in [0, 0.05) is 24.0 Å². The van der Waals surface area contributed by atoms with Crippen LogP contribution in [-0.2, 0) is 0 Å². The van der Waals surface area contributed by atoms with E-state index in [1.165, 1.54) is 0 Å². The zero-order valence-electron chi connectivity index (χ0n) is 16.3. The Bertz CT molecular complexity index is 945. The van der Waals surface area contributed by atoms with Crippen molar-refractivity contribution >= 4 is 5.91 Å². The number of rotatable bonds is 5. The van der Waals surface area contributed by atoms with Gasteiger partial charge in [-0.1, -0.05) is 12.1 Å². The molecule has 2 aromatic carbocycles. The summed E-state index contributed by atoms with van der Waals surface area (Å²) >= 11 is 0. The van der Waals surface area contributed by atoms with Gasteiger partial charge in [-0.05, 0) is 74.7 Å². The highest BCUT2D eigenvalue weighted by molar-refractivity contribution is 5.94. The largest absolute Gasteiger partial charge is 0.494 e. The molecular weight excluding hydrogens is 350 g/mol. The highest BCUT2D eigenvalue weighted by Crippen LogP contribution is 2.34. The van der Waals surface area contributed by atoms with Gasteiger partial charge in [0.15, 0.2) is 0 Å². The summed E-state index contributed by atoms with van der Waals surface area (Å²) in [4.78, 5) is 15.1. The highest BCUT2D eigenvalue weighted by atomic mass is 16.5. The minimum atomic E-state index is 0.0834. The first-order chi connectivity index (χ1) is 13.7. The molecule has 1 aliphatic rings. The van der Waals surface area contributed by atoms with Gasteiger partial charge < -0.3 is 9.64 Å². The minimum absolute atomic E-state index is 0.0834. The van der Waals surface area contributed by atoms with Gasteiger partial charge in [-0.2, -0.15) is 5.10 Å². The number of hydrogen-bond acceptors (Lipinski definition) is 3. The van der Waals surface area contributed by atoms with E-state index in [1.54, 1.807) is 6.20 Å². The number of aryl methyl sites for hydroxylation is 1. The van der Waals surface area contributed by atoms with Gasteiger partial charge in [0.25, 0.3) is 5.91 Å². The Morgan fingerprint density at radius 1 is 1.11 bits per heavy atom. The fraction of sp³-hybridized carbons (Fsp3) is 0.304. The van der Waals surface area contributed by atoms with Crippen molar-refractivity contribution in [1.82, 2.24) is 14.7 Å². The lowest BCUT2D eigenvalue weighted by Gasteiger charge is -2.25. The molecule has 1 amide bonds. The average Bonchev–Trinajstić information content (AvgIpc) is 3.38. The maximum absolute atomic E-state index is 13.1. The first kappa shape index (κ1) is 18.3. The predicted octanol–water partition coefficient (Wildman–Crippen LogP) is 4.56. The Morgan fingerprint density at radius 3 is 2.50 bits per heavy atom. The second-order valence-electron chi connectivity index (χ2n) is 7.09. The molecule has 5 heteroatoms. The maximum Gasteiger partial charge on any atom is 0.254 e. The molecule has 1 aromatic heterocycles. The van der Waals surface area contributed by atoms with Crippen molar-refractivity contribution in [3.63, 3.8) is 0 Å². The smallest absolute Gasteiger partial charge is 0.254 e. The monoisotopic (exact) mass is 375 g/mol. The van der Waals surface area contributed by atoms with E-state index in [0.29, 0.717) is 12.2 Å². The van der Waals surface area contributed by atoms with E-state index >= 15 is 0 Å². The quantitative estimate of drug-likeness (QED) is 0.657. The summed E-state index contributed by atoms with van der Waals surface area (Å²) < 4.78 is 7.40. The van der Waals surface area contributed by atoms with Crippen LogP contribution >= 0.6 is 0 Å². The molecular formula is C23H25N3O2. The number of aromatic nitrogens is 2. The molecule has 144 valence electrons. The van der Waals surface area contributed by atoms with Gasteiger partial charge in [0.1, 0.15) is 5.75 Å². The van der Waals surface area contributed by atoms with Crippen LogP contribution in [-0.4, -0.2) is 33.7 Å². The SMILES string of the molecule is CCOc1ccc(C2CCCN2C(=O)c2ccc(-n3nccc3C)cc2)cc1. The first-order valence-corrected chi connectivity index (χ1v) is 9.82. The summed E-state index contributed by atoms with van der Waals surface area (Å²) in [5.41, 5.74) is 3.90. The van der Waals surface area contributed by atoms with Crippen LogP contribution < -0.4 is 4.74 Å². The standard InChI is InChI=1S/C23H25N3O2/c1-3-28-21-12-8-18(9-13-21)22-5-4-16-25(22)23(27)19-6-10-20(11-7-19)26-17(2)14-15-24-26/h6-15,22H,3-5,16H2,1-2H3. The summed E-state index contributed by atoms with van der Waals surface area (Å²) in [7, 11) is 0. The molecule has 0 bridgehead atoms. The molecule has 2 heterocycles.